The Bertz CT molecular complexity index is 843. The molecule has 0 fully saturated rings. The largest absolute Gasteiger partial charge is 0.362 e. The number of benzene rings is 2. The van der Waals surface area contributed by atoms with E-state index in [0.717, 1.165) is 12.2 Å². The fourth-order valence-corrected chi connectivity index (χ4v) is 2.97. The Hall–Kier alpha value is -3.00. The van der Waals surface area contributed by atoms with Crippen molar-refractivity contribution in [3.05, 3.63) is 95.9 Å². The van der Waals surface area contributed by atoms with Crippen LogP contribution in [0.1, 0.15) is 16.8 Å². The van der Waals surface area contributed by atoms with Gasteiger partial charge in [-0.2, -0.15) is 0 Å². The molecule has 1 aromatic heterocycles. The third-order valence-corrected chi connectivity index (χ3v) is 4.10. The molecule has 0 radical (unpaired) electrons. The summed E-state index contributed by atoms with van der Waals surface area (Å²) in [5.41, 5.74) is 6.26. The molecule has 0 saturated heterocycles. The molecule has 2 heterocycles. The molecule has 1 aliphatic rings. The lowest BCUT2D eigenvalue weighted by atomic mass is 10.1. The van der Waals surface area contributed by atoms with Crippen molar-refractivity contribution in [1.29, 1.82) is 0 Å². The van der Waals surface area contributed by atoms with Gasteiger partial charge in [0.25, 0.3) is 0 Å². The molecule has 1 N–H and O–H groups in total. The second-order valence-electron chi connectivity index (χ2n) is 5.67. The molecule has 3 aromatic rings. The summed E-state index contributed by atoms with van der Waals surface area (Å²) in [5.74, 6) is 0. The first kappa shape index (κ1) is 13.6. The zero-order valence-electron chi connectivity index (χ0n) is 12.8. The summed E-state index contributed by atoms with van der Waals surface area (Å²) in [4.78, 5) is 5.56. The van der Waals surface area contributed by atoms with Crippen molar-refractivity contribution in [2.75, 3.05) is 11.4 Å². The first-order valence-corrected chi connectivity index (χ1v) is 7.83. The SMILES string of the molecule is C(=C1/CN(/C=C/c2ccccc2)c2ccccc21)/c1ccc[nH]1. The van der Waals surface area contributed by atoms with Crippen LogP contribution in [-0.4, -0.2) is 11.5 Å². The first-order valence-electron chi connectivity index (χ1n) is 7.83. The maximum absolute atomic E-state index is 3.25. The number of nitrogens with one attached hydrogen (secondary N) is 1. The number of para-hydroxylation sites is 1. The number of hydrogen-bond acceptors (Lipinski definition) is 1. The summed E-state index contributed by atoms with van der Waals surface area (Å²) in [6, 6.07) is 23.1. The third kappa shape index (κ3) is 2.84. The van der Waals surface area contributed by atoms with Crippen molar-refractivity contribution >= 4 is 23.4 Å². The zero-order chi connectivity index (χ0) is 15.5. The van der Waals surface area contributed by atoms with E-state index in [4.69, 9.17) is 0 Å². The number of hydrogen-bond donors (Lipinski definition) is 1. The number of aromatic amines is 1. The summed E-state index contributed by atoms with van der Waals surface area (Å²) >= 11 is 0. The first-order chi connectivity index (χ1) is 11.4. The summed E-state index contributed by atoms with van der Waals surface area (Å²) < 4.78 is 0. The van der Waals surface area contributed by atoms with E-state index in [1.165, 1.54) is 22.4 Å². The minimum Gasteiger partial charge on any atom is -0.362 e. The highest BCUT2D eigenvalue weighted by atomic mass is 15.1. The molecule has 2 aromatic carbocycles. The van der Waals surface area contributed by atoms with Crippen molar-refractivity contribution in [2.24, 2.45) is 0 Å². The van der Waals surface area contributed by atoms with Crippen LogP contribution >= 0.6 is 0 Å². The molecule has 4 rings (SSSR count). The van der Waals surface area contributed by atoms with Gasteiger partial charge in [0.1, 0.15) is 0 Å². The standard InChI is InChI=1S/C21H18N2/c1-2-7-17(8-3-1)12-14-23-16-18(15-19-9-6-13-22-19)20-10-4-5-11-21(20)23/h1-15,22H,16H2/b14-12+,18-15+. The maximum Gasteiger partial charge on any atom is 0.0486 e. The van der Waals surface area contributed by atoms with E-state index in [-0.39, 0.29) is 0 Å². The molecule has 0 spiro atoms. The molecule has 2 nitrogen and oxygen atoms in total. The van der Waals surface area contributed by atoms with Gasteiger partial charge >= 0.3 is 0 Å². The van der Waals surface area contributed by atoms with Crippen LogP contribution in [0.4, 0.5) is 5.69 Å². The Morgan fingerprint density at radius 2 is 1.70 bits per heavy atom. The predicted molar refractivity (Wildman–Crippen MR) is 97.9 cm³/mol. The van der Waals surface area contributed by atoms with E-state index in [1.807, 2.05) is 18.3 Å². The molecule has 0 amide bonds. The molecule has 0 unspecified atom stereocenters. The van der Waals surface area contributed by atoms with E-state index in [2.05, 4.69) is 82.8 Å². The van der Waals surface area contributed by atoms with Crippen molar-refractivity contribution in [3.63, 3.8) is 0 Å². The topological polar surface area (TPSA) is 19.0 Å². The van der Waals surface area contributed by atoms with Gasteiger partial charge in [0.15, 0.2) is 0 Å². The summed E-state index contributed by atoms with van der Waals surface area (Å²) in [6.07, 6.45) is 8.52. The number of H-pyrrole nitrogens is 1. The summed E-state index contributed by atoms with van der Waals surface area (Å²) in [6.45, 7) is 0.891. The molecule has 2 heteroatoms. The van der Waals surface area contributed by atoms with Crippen molar-refractivity contribution in [2.45, 2.75) is 0 Å². The Balaban J connectivity index is 1.66. The van der Waals surface area contributed by atoms with Crippen LogP contribution in [0.15, 0.2) is 79.1 Å². The van der Waals surface area contributed by atoms with E-state index >= 15 is 0 Å². The van der Waals surface area contributed by atoms with E-state index in [9.17, 15) is 0 Å². The van der Waals surface area contributed by atoms with Crippen LogP contribution in [-0.2, 0) is 0 Å². The van der Waals surface area contributed by atoms with Gasteiger partial charge in [-0.25, -0.2) is 0 Å². The highest BCUT2D eigenvalue weighted by Crippen LogP contribution is 2.36. The predicted octanol–water partition coefficient (Wildman–Crippen LogP) is 5.05. The van der Waals surface area contributed by atoms with Gasteiger partial charge in [-0.1, -0.05) is 48.5 Å². The molecule has 0 bridgehead atoms. The third-order valence-electron chi connectivity index (χ3n) is 4.10. The summed E-state index contributed by atoms with van der Waals surface area (Å²) in [7, 11) is 0. The molecule has 1 aliphatic heterocycles. The van der Waals surface area contributed by atoms with Crippen LogP contribution in [0, 0.1) is 0 Å². The second-order valence-corrected chi connectivity index (χ2v) is 5.67. The smallest absolute Gasteiger partial charge is 0.0486 e. The molecule has 0 saturated carbocycles. The summed E-state index contributed by atoms with van der Waals surface area (Å²) in [5, 5.41) is 0. The Morgan fingerprint density at radius 1 is 0.870 bits per heavy atom. The average molecular weight is 298 g/mol. The average Bonchev–Trinajstić information content (AvgIpc) is 3.23. The van der Waals surface area contributed by atoms with Gasteiger partial charge in [0, 0.05) is 35.9 Å². The Morgan fingerprint density at radius 3 is 2.52 bits per heavy atom. The lowest BCUT2D eigenvalue weighted by molar-refractivity contribution is 1.16. The molecule has 23 heavy (non-hydrogen) atoms. The van der Waals surface area contributed by atoms with Crippen LogP contribution in [0.3, 0.4) is 0 Å². The van der Waals surface area contributed by atoms with E-state index < -0.39 is 0 Å². The number of fused-ring (bicyclic) bond motifs is 1. The maximum atomic E-state index is 3.25. The second kappa shape index (κ2) is 6.01. The Kier molecular flexibility index (Phi) is 3.57. The highest BCUT2D eigenvalue weighted by Gasteiger charge is 2.21. The van der Waals surface area contributed by atoms with Crippen LogP contribution in [0.25, 0.3) is 17.7 Å². The fraction of sp³-hybridized carbons (Fsp3) is 0.0476. The van der Waals surface area contributed by atoms with Crippen LogP contribution in [0.5, 0.6) is 0 Å². The molecule has 0 aliphatic carbocycles. The highest BCUT2D eigenvalue weighted by molar-refractivity contribution is 5.94. The van der Waals surface area contributed by atoms with Crippen molar-refractivity contribution in [3.8, 4) is 0 Å². The number of rotatable bonds is 3. The van der Waals surface area contributed by atoms with Gasteiger partial charge in [-0.3, -0.25) is 0 Å². The van der Waals surface area contributed by atoms with Crippen molar-refractivity contribution in [1.82, 2.24) is 4.98 Å². The number of nitrogens with zero attached hydrogens (tertiary/aromatic N) is 1. The normalized spacial score (nSPS) is 15.5. The van der Waals surface area contributed by atoms with Crippen LogP contribution in [0.2, 0.25) is 0 Å². The van der Waals surface area contributed by atoms with E-state index in [1.54, 1.807) is 0 Å². The molecule has 112 valence electrons. The van der Waals surface area contributed by atoms with Gasteiger partial charge in [0.2, 0.25) is 0 Å². The minimum atomic E-state index is 0.891. The lowest BCUT2D eigenvalue weighted by Crippen LogP contribution is -2.11. The van der Waals surface area contributed by atoms with Gasteiger partial charge in [-0.05, 0) is 41.5 Å². The minimum absolute atomic E-state index is 0.891. The fourth-order valence-electron chi connectivity index (χ4n) is 2.97. The monoisotopic (exact) mass is 298 g/mol. The quantitative estimate of drug-likeness (QED) is 0.717. The van der Waals surface area contributed by atoms with E-state index in [0.29, 0.717) is 0 Å². The zero-order valence-corrected chi connectivity index (χ0v) is 12.8. The molecular formula is C21H18N2. The van der Waals surface area contributed by atoms with Crippen LogP contribution < -0.4 is 4.90 Å². The number of anilines is 1. The van der Waals surface area contributed by atoms with Gasteiger partial charge in [0.05, 0.1) is 0 Å². The van der Waals surface area contributed by atoms with Crippen molar-refractivity contribution < 1.29 is 0 Å². The van der Waals surface area contributed by atoms with Gasteiger partial charge < -0.3 is 9.88 Å². The van der Waals surface area contributed by atoms with Gasteiger partial charge in [-0.15, -0.1) is 0 Å². The molecular weight excluding hydrogens is 280 g/mol. The number of aromatic nitrogens is 1. The Labute approximate surface area is 136 Å². The molecule has 0 atom stereocenters. The lowest BCUT2D eigenvalue weighted by Gasteiger charge is -2.13.